The monoisotopic (exact) mass is 532 g/mol. The zero-order valence-electron chi connectivity index (χ0n) is 22.5. The molecule has 0 N–H and O–H groups in total. The minimum Gasteiger partial charge on any atom is -0.490 e. The van der Waals surface area contributed by atoms with Gasteiger partial charge in [0.1, 0.15) is 18.0 Å². The van der Waals surface area contributed by atoms with Crippen LogP contribution in [0.2, 0.25) is 0 Å². The molecule has 2 aromatic heterocycles. The minimum absolute atomic E-state index is 0.0266. The third-order valence-corrected chi connectivity index (χ3v) is 7.20. The molecule has 200 valence electrons. The van der Waals surface area contributed by atoms with E-state index in [2.05, 4.69) is 4.98 Å². The number of amides is 1. The van der Waals surface area contributed by atoms with Gasteiger partial charge in [-0.15, -0.1) is 0 Å². The zero-order chi connectivity index (χ0) is 27.8. The molecule has 0 spiro atoms. The molecule has 1 aliphatic heterocycles. The van der Waals surface area contributed by atoms with Crippen molar-refractivity contribution in [2.45, 2.75) is 33.4 Å². The lowest BCUT2D eigenvalue weighted by Crippen LogP contribution is -2.30. The quantitative estimate of drug-likeness (QED) is 0.237. The number of anilines is 1. The standard InChI is InChI=1S/C33H28N2O5/c1-4-38-27-18-23(13-14-25(27)39-19-22-10-6-5-7-11-22)30-29-31(36)24-16-20(2)21(3)17-26(24)40-32(29)33(37)35(30)28-12-8-9-15-34-28/h5-18,30H,4,19H2,1-3H3. The minimum atomic E-state index is -0.762. The second-order valence-corrected chi connectivity index (χ2v) is 9.79. The molecule has 0 saturated heterocycles. The van der Waals surface area contributed by atoms with E-state index in [-0.39, 0.29) is 16.8 Å². The number of aryl methyl sites for hydroxylation is 2. The van der Waals surface area contributed by atoms with Crippen molar-refractivity contribution in [3.63, 3.8) is 0 Å². The molecule has 3 heterocycles. The Bertz CT molecular complexity index is 1780. The van der Waals surface area contributed by atoms with Gasteiger partial charge in [0.15, 0.2) is 16.9 Å². The molecule has 0 saturated carbocycles. The molecule has 3 aromatic carbocycles. The summed E-state index contributed by atoms with van der Waals surface area (Å²) in [7, 11) is 0. The molecule has 1 aliphatic rings. The second-order valence-electron chi connectivity index (χ2n) is 9.79. The number of rotatable bonds is 7. The molecular weight excluding hydrogens is 504 g/mol. The van der Waals surface area contributed by atoms with Crippen molar-refractivity contribution in [2.75, 3.05) is 11.5 Å². The number of benzene rings is 3. The first-order valence-electron chi connectivity index (χ1n) is 13.2. The maximum Gasteiger partial charge on any atom is 0.296 e. The summed E-state index contributed by atoms with van der Waals surface area (Å²) in [6, 6.07) is 23.6. The highest BCUT2D eigenvalue weighted by atomic mass is 16.5. The lowest BCUT2D eigenvalue weighted by atomic mass is 9.97. The van der Waals surface area contributed by atoms with Crippen molar-refractivity contribution in [1.82, 2.24) is 4.98 Å². The summed E-state index contributed by atoms with van der Waals surface area (Å²) in [4.78, 5) is 33.8. The molecule has 1 unspecified atom stereocenters. The van der Waals surface area contributed by atoms with Crippen LogP contribution in [-0.4, -0.2) is 17.5 Å². The molecule has 1 amide bonds. The van der Waals surface area contributed by atoms with Gasteiger partial charge in [0, 0.05) is 6.20 Å². The first kappa shape index (κ1) is 25.4. The van der Waals surface area contributed by atoms with E-state index in [1.54, 1.807) is 24.4 Å². The normalized spacial score (nSPS) is 14.4. The van der Waals surface area contributed by atoms with Crippen LogP contribution in [0.15, 0.2) is 94.3 Å². The summed E-state index contributed by atoms with van der Waals surface area (Å²) in [5.74, 6) is 1.12. The summed E-state index contributed by atoms with van der Waals surface area (Å²) >= 11 is 0. The SMILES string of the molecule is CCOc1cc(C2c3c(oc4cc(C)c(C)cc4c3=O)C(=O)N2c2ccccn2)ccc1OCc1ccccc1. The maximum absolute atomic E-state index is 14.0. The molecule has 5 aromatic rings. The Morgan fingerprint density at radius 3 is 2.40 bits per heavy atom. The summed E-state index contributed by atoms with van der Waals surface area (Å²) in [5, 5.41) is 0.440. The van der Waals surface area contributed by atoms with Crippen molar-refractivity contribution in [1.29, 1.82) is 0 Å². The Balaban J connectivity index is 1.51. The third kappa shape index (κ3) is 4.39. The average molecular weight is 533 g/mol. The number of hydrogen-bond acceptors (Lipinski definition) is 6. The number of fused-ring (bicyclic) bond motifs is 2. The predicted octanol–water partition coefficient (Wildman–Crippen LogP) is 6.53. The van der Waals surface area contributed by atoms with Crippen molar-refractivity contribution >= 4 is 22.7 Å². The van der Waals surface area contributed by atoms with Crippen LogP contribution in [0.3, 0.4) is 0 Å². The van der Waals surface area contributed by atoms with Crippen LogP contribution in [0.1, 0.15) is 51.3 Å². The molecule has 0 radical (unpaired) electrons. The fourth-order valence-corrected chi connectivity index (χ4v) is 5.09. The summed E-state index contributed by atoms with van der Waals surface area (Å²) in [6.45, 7) is 6.59. The van der Waals surface area contributed by atoms with Crippen LogP contribution in [0.4, 0.5) is 5.82 Å². The number of nitrogens with zero attached hydrogens (tertiary/aromatic N) is 2. The van der Waals surface area contributed by atoms with Crippen LogP contribution in [0, 0.1) is 13.8 Å². The number of ether oxygens (including phenoxy) is 2. The van der Waals surface area contributed by atoms with Crippen LogP contribution in [0.25, 0.3) is 11.0 Å². The maximum atomic E-state index is 14.0. The van der Waals surface area contributed by atoms with Crippen LogP contribution in [-0.2, 0) is 6.61 Å². The molecule has 6 rings (SSSR count). The Morgan fingerprint density at radius 1 is 0.875 bits per heavy atom. The molecule has 7 nitrogen and oxygen atoms in total. The molecule has 0 aliphatic carbocycles. The van der Waals surface area contributed by atoms with E-state index in [0.29, 0.717) is 47.1 Å². The predicted molar refractivity (Wildman–Crippen MR) is 153 cm³/mol. The van der Waals surface area contributed by atoms with Crippen molar-refractivity contribution in [3.05, 3.63) is 129 Å². The van der Waals surface area contributed by atoms with E-state index in [4.69, 9.17) is 13.9 Å². The van der Waals surface area contributed by atoms with Gasteiger partial charge >= 0.3 is 0 Å². The van der Waals surface area contributed by atoms with Crippen molar-refractivity contribution < 1.29 is 18.7 Å². The summed E-state index contributed by atoms with van der Waals surface area (Å²) in [5.41, 5.74) is 4.10. The Morgan fingerprint density at radius 2 is 1.65 bits per heavy atom. The summed E-state index contributed by atoms with van der Waals surface area (Å²) in [6.07, 6.45) is 1.62. The van der Waals surface area contributed by atoms with Gasteiger partial charge in [-0.2, -0.15) is 0 Å². The molecule has 1 atom stereocenters. The summed E-state index contributed by atoms with van der Waals surface area (Å²) < 4.78 is 18.2. The lowest BCUT2D eigenvalue weighted by Gasteiger charge is -2.25. The smallest absolute Gasteiger partial charge is 0.296 e. The largest absolute Gasteiger partial charge is 0.490 e. The van der Waals surface area contributed by atoms with Gasteiger partial charge in [-0.1, -0.05) is 42.5 Å². The van der Waals surface area contributed by atoms with Crippen molar-refractivity contribution in [3.8, 4) is 11.5 Å². The highest BCUT2D eigenvalue weighted by Gasteiger charge is 2.44. The van der Waals surface area contributed by atoms with E-state index in [1.165, 1.54) is 4.90 Å². The average Bonchev–Trinajstić information content (AvgIpc) is 3.27. The number of carbonyl (C=O) groups excluding carboxylic acids is 1. The van der Waals surface area contributed by atoms with Gasteiger partial charge in [0.05, 0.1) is 23.6 Å². The van der Waals surface area contributed by atoms with Gasteiger partial charge < -0.3 is 13.9 Å². The van der Waals surface area contributed by atoms with Gasteiger partial charge in [0.25, 0.3) is 5.91 Å². The topological polar surface area (TPSA) is 81.9 Å². The van der Waals surface area contributed by atoms with E-state index in [9.17, 15) is 9.59 Å². The second kappa shape index (κ2) is 10.3. The van der Waals surface area contributed by atoms with E-state index in [0.717, 1.165) is 16.7 Å². The van der Waals surface area contributed by atoms with Gasteiger partial charge in [-0.05, 0) is 79.4 Å². The van der Waals surface area contributed by atoms with Crippen LogP contribution >= 0.6 is 0 Å². The number of aromatic nitrogens is 1. The highest BCUT2D eigenvalue weighted by Crippen LogP contribution is 2.43. The number of hydrogen-bond donors (Lipinski definition) is 0. The van der Waals surface area contributed by atoms with Gasteiger partial charge in [0.2, 0.25) is 5.76 Å². The Kier molecular flexibility index (Phi) is 6.56. The Labute approximate surface area is 231 Å². The van der Waals surface area contributed by atoms with Crippen LogP contribution < -0.4 is 19.8 Å². The first-order valence-corrected chi connectivity index (χ1v) is 13.2. The fourth-order valence-electron chi connectivity index (χ4n) is 5.09. The lowest BCUT2D eigenvalue weighted by molar-refractivity contribution is 0.0970. The molecule has 40 heavy (non-hydrogen) atoms. The van der Waals surface area contributed by atoms with E-state index >= 15 is 0 Å². The fraction of sp³-hybridized carbons (Fsp3) is 0.182. The molecule has 0 fully saturated rings. The highest BCUT2D eigenvalue weighted by molar-refractivity contribution is 6.10. The van der Waals surface area contributed by atoms with E-state index in [1.807, 2.05) is 81.4 Å². The zero-order valence-corrected chi connectivity index (χ0v) is 22.5. The number of carbonyl (C=O) groups is 1. The molecule has 7 heteroatoms. The van der Waals surface area contributed by atoms with Crippen LogP contribution in [0.5, 0.6) is 11.5 Å². The van der Waals surface area contributed by atoms with Gasteiger partial charge in [-0.25, -0.2) is 4.98 Å². The van der Waals surface area contributed by atoms with Crippen molar-refractivity contribution in [2.24, 2.45) is 0 Å². The molecule has 0 bridgehead atoms. The Hall–Kier alpha value is -4.91. The first-order chi connectivity index (χ1) is 19.5. The third-order valence-electron chi connectivity index (χ3n) is 7.20. The van der Waals surface area contributed by atoms with E-state index < -0.39 is 11.9 Å². The molecular formula is C33H28N2O5. The number of pyridine rings is 1. The van der Waals surface area contributed by atoms with Gasteiger partial charge in [-0.3, -0.25) is 14.5 Å².